The Morgan fingerprint density at radius 1 is 1.24 bits per heavy atom. The van der Waals surface area contributed by atoms with E-state index < -0.39 is 11.7 Å². The summed E-state index contributed by atoms with van der Waals surface area (Å²) in [5.74, 6) is -0.00616. The van der Waals surface area contributed by atoms with E-state index in [2.05, 4.69) is 12.2 Å². The molecule has 1 aliphatic rings. The van der Waals surface area contributed by atoms with Gasteiger partial charge < -0.3 is 4.90 Å². The molecule has 1 aromatic rings. The van der Waals surface area contributed by atoms with E-state index in [0.29, 0.717) is 5.56 Å². The Bertz CT molecular complexity index is 499. The molecule has 1 N–H and O–H groups in total. The zero-order valence-corrected chi connectivity index (χ0v) is 12.1. The van der Waals surface area contributed by atoms with Gasteiger partial charge in [-0.2, -0.15) is 13.2 Å². The van der Waals surface area contributed by atoms with E-state index in [9.17, 15) is 18.0 Å². The van der Waals surface area contributed by atoms with Gasteiger partial charge in [-0.1, -0.05) is 31.9 Å². The van der Waals surface area contributed by atoms with E-state index in [1.165, 1.54) is 12.1 Å². The van der Waals surface area contributed by atoms with E-state index in [-0.39, 0.29) is 18.1 Å². The van der Waals surface area contributed by atoms with Crippen LogP contribution in [0.2, 0.25) is 0 Å². The second-order valence-corrected chi connectivity index (χ2v) is 5.33. The molecule has 2 atom stereocenters. The minimum absolute atomic E-state index is 0.00616. The SMILES string of the molecule is CCCCC1NC(c2ccc(C(F)(F)F)cc2)N(C)C1=O. The molecule has 6 heteroatoms. The van der Waals surface area contributed by atoms with Crippen LogP contribution in [0, 0.1) is 0 Å². The van der Waals surface area contributed by atoms with Crippen LogP contribution in [0.3, 0.4) is 0 Å². The van der Waals surface area contributed by atoms with E-state index >= 15 is 0 Å². The third-order valence-corrected chi connectivity index (χ3v) is 3.79. The van der Waals surface area contributed by atoms with Crippen molar-refractivity contribution in [3.8, 4) is 0 Å². The second-order valence-electron chi connectivity index (χ2n) is 5.33. The number of likely N-dealkylation sites (N-methyl/N-ethyl adjacent to an activating group) is 1. The number of halogens is 3. The van der Waals surface area contributed by atoms with Gasteiger partial charge in [-0.3, -0.25) is 10.1 Å². The Hall–Kier alpha value is -1.56. The predicted octanol–water partition coefficient (Wildman–Crippen LogP) is 3.32. The normalized spacial score (nSPS) is 22.9. The number of carbonyl (C=O) groups is 1. The lowest BCUT2D eigenvalue weighted by atomic mass is 10.1. The third-order valence-electron chi connectivity index (χ3n) is 3.79. The van der Waals surface area contributed by atoms with Crippen molar-refractivity contribution in [2.24, 2.45) is 0 Å². The van der Waals surface area contributed by atoms with Crippen molar-refractivity contribution in [1.29, 1.82) is 0 Å². The molecule has 0 aliphatic carbocycles. The van der Waals surface area contributed by atoms with Crippen LogP contribution in [-0.2, 0) is 11.0 Å². The molecule has 0 saturated carbocycles. The minimum atomic E-state index is -4.34. The minimum Gasteiger partial charge on any atom is -0.325 e. The molecule has 1 heterocycles. The number of unbranched alkanes of at least 4 members (excludes halogenated alkanes) is 1. The third kappa shape index (κ3) is 3.37. The number of alkyl halides is 3. The lowest BCUT2D eigenvalue weighted by Crippen LogP contribution is -2.28. The van der Waals surface area contributed by atoms with E-state index in [4.69, 9.17) is 0 Å². The number of hydrogen-bond acceptors (Lipinski definition) is 2. The molecule has 0 aromatic heterocycles. The number of amides is 1. The highest BCUT2D eigenvalue weighted by atomic mass is 19.4. The molecule has 1 aliphatic heterocycles. The average Bonchev–Trinajstić information content (AvgIpc) is 2.72. The molecule has 2 unspecified atom stereocenters. The average molecular weight is 300 g/mol. The number of carbonyl (C=O) groups excluding carboxylic acids is 1. The van der Waals surface area contributed by atoms with Gasteiger partial charge in [-0.05, 0) is 24.1 Å². The molecular formula is C15H19F3N2O. The van der Waals surface area contributed by atoms with Crippen LogP contribution in [0.15, 0.2) is 24.3 Å². The molecule has 0 spiro atoms. The van der Waals surface area contributed by atoms with Crippen LogP contribution in [0.25, 0.3) is 0 Å². The Morgan fingerprint density at radius 3 is 2.38 bits per heavy atom. The first-order chi connectivity index (χ1) is 9.84. The first kappa shape index (κ1) is 15.8. The maximum Gasteiger partial charge on any atom is 0.416 e. The summed E-state index contributed by atoms with van der Waals surface area (Å²) in [6.07, 6.45) is -2.01. The molecule has 21 heavy (non-hydrogen) atoms. The summed E-state index contributed by atoms with van der Waals surface area (Å²) in [6.45, 7) is 2.05. The molecule has 1 aromatic carbocycles. The first-order valence-electron chi connectivity index (χ1n) is 7.04. The van der Waals surface area contributed by atoms with Crippen molar-refractivity contribution >= 4 is 5.91 Å². The Morgan fingerprint density at radius 2 is 1.86 bits per heavy atom. The summed E-state index contributed by atoms with van der Waals surface area (Å²) >= 11 is 0. The van der Waals surface area contributed by atoms with Crippen LogP contribution in [0.1, 0.15) is 43.5 Å². The lowest BCUT2D eigenvalue weighted by Gasteiger charge is -2.20. The number of hydrogen-bond donors (Lipinski definition) is 1. The maximum absolute atomic E-state index is 12.6. The van der Waals surface area contributed by atoms with Gasteiger partial charge in [0.05, 0.1) is 11.6 Å². The van der Waals surface area contributed by atoms with Crippen LogP contribution >= 0.6 is 0 Å². The zero-order chi connectivity index (χ0) is 15.6. The van der Waals surface area contributed by atoms with Gasteiger partial charge in [0.25, 0.3) is 0 Å². The highest BCUT2D eigenvalue weighted by Crippen LogP contribution is 2.31. The largest absolute Gasteiger partial charge is 0.416 e. The quantitative estimate of drug-likeness (QED) is 0.925. The Kier molecular flexibility index (Phi) is 4.56. The van der Waals surface area contributed by atoms with E-state index in [1.54, 1.807) is 11.9 Å². The standard InChI is InChI=1S/C15H19F3N2O/c1-3-4-5-12-14(21)20(2)13(19-12)10-6-8-11(9-7-10)15(16,17)18/h6-9,12-13,19H,3-5H2,1-2H3. The molecule has 1 saturated heterocycles. The number of nitrogens with zero attached hydrogens (tertiary/aromatic N) is 1. The molecule has 1 fully saturated rings. The van der Waals surface area contributed by atoms with E-state index in [1.807, 2.05) is 0 Å². The maximum atomic E-state index is 12.6. The lowest BCUT2D eigenvalue weighted by molar-refractivity contribution is -0.137. The molecule has 1 amide bonds. The Balaban J connectivity index is 2.13. The zero-order valence-electron chi connectivity index (χ0n) is 12.1. The van der Waals surface area contributed by atoms with Crippen molar-refractivity contribution in [2.75, 3.05) is 7.05 Å². The van der Waals surface area contributed by atoms with Crippen molar-refractivity contribution in [3.05, 3.63) is 35.4 Å². The van der Waals surface area contributed by atoms with Crippen molar-refractivity contribution in [2.45, 2.75) is 44.6 Å². The van der Waals surface area contributed by atoms with Gasteiger partial charge in [0.2, 0.25) is 5.91 Å². The summed E-state index contributed by atoms with van der Waals surface area (Å²) in [5.41, 5.74) is -0.0152. The molecular weight excluding hydrogens is 281 g/mol. The monoisotopic (exact) mass is 300 g/mol. The summed E-state index contributed by atoms with van der Waals surface area (Å²) in [4.78, 5) is 13.7. The smallest absolute Gasteiger partial charge is 0.325 e. The molecule has 3 nitrogen and oxygen atoms in total. The van der Waals surface area contributed by atoms with Gasteiger partial charge >= 0.3 is 6.18 Å². The summed E-state index contributed by atoms with van der Waals surface area (Å²) < 4.78 is 37.7. The highest BCUT2D eigenvalue weighted by Gasteiger charge is 2.37. The fraction of sp³-hybridized carbons (Fsp3) is 0.533. The van der Waals surface area contributed by atoms with Gasteiger partial charge in [0.1, 0.15) is 6.17 Å². The van der Waals surface area contributed by atoms with Crippen LogP contribution < -0.4 is 5.32 Å². The fourth-order valence-corrected chi connectivity index (χ4v) is 2.54. The predicted molar refractivity (Wildman–Crippen MR) is 73.4 cm³/mol. The van der Waals surface area contributed by atoms with Gasteiger partial charge in [-0.15, -0.1) is 0 Å². The fourth-order valence-electron chi connectivity index (χ4n) is 2.54. The van der Waals surface area contributed by atoms with Crippen molar-refractivity contribution < 1.29 is 18.0 Å². The molecule has 116 valence electrons. The van der Waals surface area contributed by atoms with Gasteiger partial charge in [-0.25, -0.2) is 0 Å². The van der Waals surface area contributed by atoms with Crippen LogP contribution in [0.4, 0.5) is 13.2 Å². The summed E-state index contributed by atoms with van der Waals surface area (Å²) in [6, 6.07) is 4.70. The van der Waals surface area contributed by atoms with Crippen LogP contribution in [-0.4, -0.2) is 23.9 Å². The van der Waals surface area contributed by atoms with Gasteiger partial charge in [0, 0.05) is 7.05 Å². The van der Waals surface area contributed by atoms with Crippen LogP contribution in [0.5, 0.6) is 0 Å². The number of benzene rings is 1. The number of nitrogens with one attached hydrogen (secondary N) is 1. The molecule has 0 bridgehead atoms. The second kappa shape index (κ2) is 6.05. The highest BCUT2D eigenvalue weighted by molar-refractivity contribution is 5.84. The van der Waals surface area contributed by atoms with E-state index in [0.717, 1.165) is 31.4 Å². The number of rotatable bonds is 4. The van der Waals surface area contributed by atoms with Crippen molar-refractivity contribution in [1.82, 2.24) is 10.2 Å². The Labute approximate surface area is 122 Å². The molecule has 2 rings (SSSR count). The molecule has 0 radical (unpaired) electrons. The topological polar surface area (TPSA) is 32.3 Å². The van der Waals surface area contributed by atoms with Crippen molar-refractivity contribution in [3.63, 3.8) is 0 Å². The summed E-state index contributed by atoms with van der Waals surface area (Å²) in [5, 5.41) is 3.19. The summed E-state index contributed by atoms with van der Waals surface area (Å²) in [7, 11) is 1.67. The first-order valence-corrected chi connectivity index (χ1v) is 7.04. The van der Waals surface area contributed by atoms with Gasteiger partial charge in [0.15, 0.2) is 0 Å².